The predicted molar refractivity (Wildman–Crippen MR) is 82.4 cm³/mol. The Labute approximate surface area is 124 Å². The molecule has 20 heavy (non-hydrogen) atoms. The minimum Gasteiger partial charge on any atom is -0.382 e. The molecule has 1 N–H and O–H groups in total. The first-order valence-electron chi connectivity index (χ1n) is 7.02. The number of aromatic nitrogens is 3. The predicted octanol–water partition coefficient (Wildman–Crippen LogP) is 2.73. The summed E-state index contributed by atoms with van der Waals surface area (Å²) < 4.78 is 7.49. The maximum absolute atomic E-state index is 5.33. The van der Waals surface area contributed by atoms with Crippen molar-refractivity contribution in [1.29, 1.82) is 0 Å². The van der Waals surface area contributed by atoms with Crippen molar-refractivity contribution < 1.29 is 4.74 Å². The molecule has 0 aliphatic heterocycles. The minimum absolute atomic E-state index is 0.779. The number of aryl methyl sites for hydroxylation is 3. The standard InChI is InChI=1S/C14H22N4OS/c1-3-19-8-4-6-15-14-17-12(2)9-18(14)7-5-13-10-20-11-16-13/h9-11H,3-8H2,1-2H3,(H,15,17). The van der Waals surface area contributed by atoms with Crippen molar-refractivity contribution in [2.24, 2.45) is 0 Å². The Morgan fingerprint density at radius 3 is 3.10 bits per heavy atom. The van der Waals surface area contributed by atoms with Crippen LogP contribution >= 0.6 is 11.3 Å². The molecule has 0 saturated carbocycles. The van der Waals surface area contributed by atoms with Gasteiger partial charge in [0.05, 0.1) is 16.9 Å². The summed E-state index contributed by atoms with van der Waals surface area (Å²) >= 11 is 1.64. The van der Waals surface area contributed by atoms with Crippen molar-refractivity contribution in [3.63, 3.8) is 0 Å². The summed E-state index contributed by atoms with van der Waals surface area (Å²) in [6.45, 7) is 7.39. The Morgan fingerprint density at radius 2 is 2.35 bits per heavy atom. The molecule has 0 aromatic carbocycles. The van der Waals surface area contributed by atoms with Gasteiger partial charge in [0.1, 0.15) is 0 Å². The van der Waals surface area contributed by atoms with Gasteiger partial charge in [-0.2, -0.15) is 0 Å². The van der Waals surface area contributed by atoms with E-state index in [1.165, 1.54) is 0 Å². The molecule has 0 atom stereocenters. The lowest BCUT2D eigenvalue weighted by Crippen LogP contribution is -2.11. The highest BCUT2D eigenvalue weighted by molar-refractivity contribution is 7.07. The summed E-state index contributed by atoms with van der Waals surface area (Å²) in [5.41, 5.74) is 4.06. The summed E-state index contributed by atoms with van der Waals surface area (Å²) in [5.74, 6) is 0.939. The molecule has 0 unspecified atom stereocenters. The van der Waals surface area contributed by atoms with Crippen LogP contribution in [-0.4, -0.2) is 34.3 Å². The maximum Gasteiger partial charge on any atom is 0.203 e. The first-order chi connectivity index (χ1) is 9.79. The zero-order chi connectivity index (χ0) is 14.2. The van der Waals surface area contributed by atoms with E-state index in [0.29, 0.717) is 0 Å². The van der Waals surface area contributed by atoms with E-state index in [1.54, 1.807) is 11.3 Å². The van der Waals surface area contributed by atoms with Crippen molar-refractivity contribution >= 4 is 17.3 Å². The summed E-state index contributed by atoms with van der Waals surface area (Å²) in [7, 11) is 0. The highest BCUT2D eigenvalue weighted by Gasteiger charge is 2.05. The van der Waals surface area contributed by atoms with Crippen molar-refractivity contribution in [2.75, 3.05) is 25.1 Å². The second-order valence-electron chi connectivity index (χ2n) is 4.61. The summed E-state index contributed by atoms with van der Waals surface area (Å²) in [5, 5.41) is 5.47. The van der Waals surface area contributed by atoms with E-state index < -0.39 is 0 Å². The fourth-order valence-corrected chi connectivity index (χ4v) is 2.57. The molecule has 0 fully saturated rings. The van der Waals surface area contributed by atoms with Crippen LogP contribution in [0, 0.1) is 6.92 Å². The van der Waals surface area contributed by atoms with Crippen LogP contribution in [0.4, 0.5) is 5.95 Å². The van der Waals surface area contributed by atoms with E-state index in [1.807, 2.05) is 19.4 Å². The summed E-state index contributed by atoms with van der Waals surface area (Å²) in [6.07, 6.45) is 4.01. The molecular weight excluding hydrogens is 272 g/mol. The third-order valence-electron chi connectivity index (χ3n) is 2.94. The first kappa shape index (κ1) is 15.0. The molecule has 2 aromatic rings. The number of hydrogen-bond donors (Lipinski definition) is 1. The molecule has 6 heteroatoms. The van der Waals surface area contributed by atoms with Gasteiger partial charge in [0.25, 0.3) is 0 Å². The van der Waals surface area contributed by atoms with Gasteiger partial charge in [-0.05, 0) is 20.3 Å². The number of nitrogens with zero attached hydrogens (tertiary/aromatic N) is 3. The molecule has 0 aliphatic carbocycles. The molecule has 2 aromatic heterocycles. The molecule has 5 nitrogen and oxygen atoms in total. The zero-order valence-corrected chi connectivity index (χ0v) is 12.9. The van der Waals surface area contributed by atoms with Gasteiger partial charge in [-0.15, -0.1) is 11.3 Å². The van der Waals surface area contributed by atoms with Crippen LogP contribution in [0.25, 0.3) is 0 Å². The van der Waals surface area contributed by atoms with Gasteiger partial charge in [-0.1, -0.05) is 0 Å². The third kappa shape index (κ3) is 4.61. The van der Waals surface area contributed by atoms with Gasteiger partial charge in [0.15, 0.2) is 0 Å². The summed E-state index contributed by atoms with van der Waals surface area (Å²) in [6, 6.07) is 0. The molecular formula is C14H22N4OS. The van der Waals surface area contributed by atoms with Crippen LogP contribution in [0.1, 0.15) is 24.7 Å². The Bertz CT molecular complexity index is 495. The number of hydrogen-bond acceptors (Lipinski definition) is 5. The lowest BCUT2D eigenvalue weighted by Gasteiger charge is -2.09. The highest BCUT2D eigenvalue weighted by atomic mass is 32.1. The first-order valence-corrected chi connectivity index (χ1v) is 7.96. The normalized spacial score (nSPS) is 10.9. The molecule has 0 spiro atoms. The number of rotatable bonds is 9. The number of anilines is 1. The number of imidazole rings is 1. The third-order valence-corrected chi connectivity index (χ3v) is 3.58. The Morgan fingerprint density at radius 1 is 1.45 bits per heavy atom. The van der Waals surface area contributed by atoms with Gasteiger partial charge in [-0.25, -0.2) is 9.97 Å². The van der Waals surface area contributed by atoms with Gasteiger partial charge >= 0.3 is 0 Å². The lowest BCUT2D eigenvalue weighted by molar-refractivity contribution is 0.147. The Kier molecular flexibility index (Phi) is 6.01. The Hall–Kier alpha value is -1.40. The number of nitrogens with one attached hydrogen (secondary N) is 1. The van der Waals surface area contributed by atoms with Crippen LogP contribution < -0.4 is 5.32 Å². The van der Waals surface area contributed by atoms with Crippen LogP contribution in [0.3, 0.4) is 0 Å². The van der Waals surface area contributed by atoms with Crippen LogP contribution in [0.15, 0.2) is 17.1 Å². The molecule has 2 heterocycles. The van der Waals surface area contributed by atoms with Crippen LogP contribution in [0.2, 0.25) is 0 Å². The average Bonchev–Trinajstić information content (AvgIpc) is 3.06. The quantitative estimate of drug-likeness (QED) is 0.723. The fourth-order valence-electron chi connectivity index (χ4n) is 1.97. The van der Waals surface area contributed by atoms with Crippen molar-refractivity contribution in [3.05, 3.63) is 28.5 Å². The van der Waals surface area contributed by atoms with Crippen molar-refractivity contribution in [3.8, 4) is 0 Å². The topological polar surface area (TPSA) is 52.0 Å². The van der Waals surface area contributed by atoms with E-state index in [9.17, 15) is 0 Å². The van der Waals surface area contributed by atoms with Gasteiger partial charge < -0.3 is 14.6 Å². The molecule has 0 bridgehead atoms. The van der Waals surface area contributed by atoms with E-state index in [0.717, 1.165) is 56.5 Å². The monoisotopic (exact) mass is 294 g/mol. The van der Waals surface area contributed by atoms with Crippen molar-refractivity contribution in [2.45, 2.75) is 33.2 Å². The molecule has 110 valence electrons. The molecule has 0 radical (unpaired) electrons. The van der Waals surface area contributed by atoms with Gasteiger partial charge in [0.2, 0.25) is 5.95 Å². The van der Waals surface area contributed by atoms with Gasteiger partial charge in [-0.3, -0.25) is 0 Å². The molecule has 0 saturated heterocycles. The largest absolute Gasteiger partial charge is 0.382 e. The second kappa shape index (κ2) is 8.01. The van der Waals surface area contributed by atoms with Crippen molar-refractivity contribution in [1.82, 2.24) is 14.5 Å². The summed E-state index contributed by atoms with van der Waals surface area (Å²) in [4.78, 5) is 8.83. The van der Waals surface area contributed by atoms with E-state index in [-0.39, 0.29) is 0 Å². The van der Waals surface area contributed by atoms with E-state index in [2.05, 4.69) is 31.4 Å². The van der Waals surface area contributed by atoms with Crippen LogP contribution in [0.5, 0.6) is 0 Å². The molecule has 0 amide bonds. The minimum atomic E-state index is 0.779. The highest BCUT2D eigenvalue weighted by Crippen LogP contribution is 2.11. The molecule has 2 rings (SSSR count). The lowest BCUT2D eigenvalue weighted by atomic mass is 10.3. The smallest absolute Gasteiger partial charge is 0.203 e. The zero-order valence-electron chi connectivity index (χ0n) is 12.1. The maximum atomic E-state index is 5.33. The van der Waals surface area contributed by atoms with Crippen LogP contribution in [-0.2, 0) is 17.7 Å². The number of ether oxygens (including phenoxy) is 1. The Balaban J connectivity index is 1.82. The average molecular weight is 294 g/mol. The molecule has 0 aliphatic rings. The second-order valence-corrected chi connectivity index (χ2v) is 5.33. The number of thiazole rings is 1. The van der Waals surface area contributed by atoms with E-state index in [4.69, 9.17) is 4.74 Å². The van der Waals surface area contributed by atoms with Gasteiger partial charge in [0, 0.05) is 44.3 Å². The fraction of sp³-hybridized carbons (Fsp3) is 0.571. The SMILES string of the molecule is CCOCCCNc1nc(C)cn1CCc1cscn1. The van der Waals surface area contributed by atoms with E-state index >= 15 is 0 Å².